The first kappa shape index (κ1) is 28.2. The van der Waals surface area contributed by atoms with Crippen LogP contribution in [0.4, 0.5) is 10.8 Å². The molecule has 210 valence electrons. The Morgan fingerprint density at radius 3 is 2.63 bits per heavy atom. The molecule has 10 nitrogen and oxygen atoms in total. The first-order chi connectivity index (χ1) is 19.8. The van der Waals surface area contributed by atoms with Gasteiger partial charge in [0.2, 0.25) is 11.0 Å². The van der Waals surface area contributed by atoms with Crippen molar-refractivity contribution in [2.24, 2.45) is 5.73 Å². The van der Waals surface area contributed by atoms with Gasteiger partial charge in [0.1, 0.15) is 5.82 Å². The summed E-state index contributed by atoms with van der Waals surface area (Å²) >= 11 is 2.51. The lowest BCUT2D eigenvalue weighted by Crippen LogP contribution is -2.38. The molecule has 0 saturated heterocycles. The molecule has 3 aromatic rings. The van der Waals surface area contributed by atoms with Gasteiger partial charge in [-0.15, -0.1) is 10.2 Å². The van der Waals surface area contributed by atoms with Crippen LogP contribution in [-0.2, 0) is 9.59 Å². The summed E-state index contributed by atoms with van der Waals surface area (Å²) in [5, 5.41) is 22.2. The first-order valence-corrected chi connectivity index (χ1v) is 14.7. The number of aryl methyl sites for hydroxylation is 1. The van der Waals surface area contributed by atoms with Crippen LogP contribution in [0.2, 0.25) is 0 Å². The molecule has 2 aromatic carbocycles. The minimum Gasteiger partial charge on any atom is -0.493 e. The highest BCUT2D eigenvalue weighted by Gasteiger charge is 2.41. The molecule has 2 heterocycles. The third-order valence-electron chi connectivity index (χ3n) is 6.90. The molecule has 1 atom stereocenters. The van der Waals surface area contributed by atoms with Gasteiger partial charge in [0.05, 0.1) is 37.5 Å². The number of hydrogen-bond acceptors (Lipinski definition) is 11. The summed E-state index contributed by atoms with van der Waals surface area (Å²) in [5.41, 5.74) is 10.7. The molecule has 41 heavy (non-hydrogen) atoms. The lowest BCUT2D eigenvalue weighted by Gasteiger charge is -2.38. The lowest BCUT2D eigenvalue weighted by molar-refractivity contribution is -0.116. The highest BCUT2D eigenvalue weighted by molar-refractivity contribution is 8.01. The number of amides is 1. The topological polar surface area (TPSA) is 143 Å². The summed E-state index contributed by atoms with van der Waals surface area (Å²) in [7, 11) is 3.08. The predicted octanol–water partition coefficient (Wildman–Crippen LogP) is 4.90. The Kier molecular flexibility index (Phi) is 8.28. The van der Waals surface area contributed by atoms with Crippen molar-refractivity contribution in [1.82, 2.24) is 10.2 Å². The number of nitrogens with one attached hydrogen (secondary N) is 1. The van der Waals surface area contributed by atoms with Crippen molar-refractivity contribution in [2.45, 2.75) is 36.4 Å². The minimum atomic E-state index is -0.647. The van der Waals surface area contributed by atoms with Gasteiger partial charge in [0.25, 0.3) is 0 Å². The summed E-state index contributed by atoms with van der Waals surface area (Å²) in [4.78, 5) is 27.6. The van der Waals surface area contributed by atoms with Gasteiger partial charge in [-0.3, -0.25) is 14.5 Å². The number of thioether (sulfide) groups is 1. The van der Waals surface area contributed by atoms with E-state index in [1.54, 1.807) is 24.1 Å². The van der Waals surface area contributed by atoms with Crippen LogP contribution >= 0.6 is 23.1 Å². The number of benzene rings is 2. The zero-order valence-electron chi connectivity index (χ0n) is 22.8. The third-order valence-corrected chi connectivity index (χ3v) is 8.95. The molecule has 1 aromatic heterocycles. The quantitative estimate of drug-likeness (QED) is 0.349. The molecule has 0 radical (unpaired) electrons. The van der Waals surface area contributed by atoms with Crippen LogP contribution in [0.3, 0.4) is 0 Å². The number of Topliss-reactive ketones (excluding diaryl/α,β-unsaturated/α-hetero) is 1. The number of nitriles is 1. The maximum Gasteiger partial charge on any atom is 0.234 e. The van der Waals surface area contributed by atoms with Gasteiger partial charge in [0.15, 0.2) is 21.6 Å². The third kappa shape index (κ3) is 5.64. The summed E-state index contributed by atoms with van der Waals surface area (Å²) in [6.07, 6.45) is 1.62. The van der Waals surface area contributed by atoms with Crippen LogP contribution in [0.5, 0.6) is 11.5 Å². The highest BCUT2D eigenvalue weighted by Crippen LogP contribution is 2.48. The van der Waals surface area contributed by atoms with Crippen LogP contribution in [0.1, 0.15) is 36.3 Å². The Balaban J connectivity index is 1.44. The number of anilines is 2. The Labute approximate surface area is 245 Å². The summed E-state index contributed by atoms with van der Waals surface area (Å²) in [5.74, 6) is 0.524. The number of methoxy groups -OCH3 is 2. The smallest absolute Gasteiger partial charge is 0.234 e. The minimum absolute atomic E-state index is 0.0387. The SMILES string of the molecule is COc1ccc(C2C(C#N)=C(N)N(c3nnc(SCC(=O)Nc4ccc(C)cc4)s3)C3=C2C(=O)CCC3)cc1OC. The van der Waals surface area contributed by atoms with Crippen molar-refractivity contribution in [2.75, 3.05) is 30.2 Å². The van der Waals surface area contributed by atoms with E-state index in [1.165, 1.54) is 30.2 Å². The van der Waals surface area contributed by atoms with Gasteiger partial charge in [-0.25, -0.2) is 0 Å². The van der Waals surface area contributed by atoms with E-state index in [0.717, 1.165) is 11.3 Å². The maximum absolute atomic E-state index is 13.4. The lowest BCUT2D eigenvalue weighted by atomic mass is 9.75. The van der Waals surface area contributed by atoms with Crippen molar-refractivity contribution >= 4 is 45.6 Å². The molecule has 1 aliphatic carbocycles. The van der Waals surface area contributed by atoms with Crippen molar-refractivity contribution in [3.8, 4) is 17.6 Å². The van der Waals surface area contributed by atoms with Crippen LogP contribution in [-0.4, -0.2) is 41.9 Å². The molecule has 0 bridgehead atoms. The largest absolute Gasteiger partial charge is 0.493 e. The average Bonchev–Trinajstić information content (AvgIpc) is 3.45. The summed E-state index contributed by atoms with van der Waals surface area (Å²) in [6.45, 7) is 1.98. The molecule has 3 N–H and O–H groups in total. The van der Waals surface area contributed by atoms with E-state index in [1.807, 2.05) is 37.3 Å². The Morgan fingerprint density at radius 2 is 1.93 bits per heavy atom. The molecule has 1 aliphatic heterocycles. The summed E-state index contributed by atoms with van der Waals surface area (Å²) < 4.78 is 11.4. The molecule has 2 aliphatic rings. The van der Waals surface area contributed by atoms with Crippen LogP contribution in [0.15, 0.2) is 69.5 Å². The fourth-order valence-electron chi connectivity index (χ4n) is 4.98. The van der Waals surface area contributed by atoms with Crippen LogP contribution in [0, 0.1) is 18.3 Å². The van der Waals surface area contributed by atoms with E-state index in [0.29, 0.717) is 57.1 Å². The normalized spacial score (nSPS) is 16.8. The molecular formula is C29H28N6O4S2. The van der Waals surface area contributed by atoms with E-state index < -0.39 is 5.92 Å². The number of ether oxygens (including phenoxy) is 2. The van der Waals surface area contributed by atoms with Crippen molar-refractivity contribution in [3.63, 3.8) is 0 Å². The van der Waals surface area contributed by atoms with Crippen molar-refractivity contribution in [1.29, 1.82) is 5.26 Å². The first-order valence-electron chi connectivity index (χ1n) is 12.9. The van der Waals surface area contributed by atoms with Crippen molar-refractivity contribution < 1.29 is 19.1 Å². The molecule has 1 unspecified atom stereocenters. The Bertz CT molecular complexity index is 1610. The number of aromatic nitrogens is 2. The molecule has 0 spiro atoms. The monoisotopic (exact) mass is 588 g/mol. The van der Waals surface area contributed by atoms with Gasteiger partial charge >= 0.3 is 0 Å². The fourth-order valence-corrected chi connectivity index (χ4v) is 6.66. The van der Waals surface area contributed by atoms with E-state index in [9.17, 15) is 14.9 Å². The maximum atomic E-state index is 13.4. The van der Waals surface area contributed by atoms with E-state index in [-0.39, 0.29) is 28.8 Å². The zero-order chi connectivity index (χ0) is 29.1. The van der Waals surface area contributed by atoms with Gasteiger partial charge in [0, 0.05) is 23.4 Å². The van der Waals surface area contributed by atoms with Gasteiger partial charge in [-0.05, 0) is 49.6 Å². The predicted molar refractivity (Wildman–Crippen MR) is 158 cm³/mol. The molecule has 0 saturated carbocycles. The number of rotatable bonds is 8. The second-order valence-electron chi connectivity index (χ2n) is 9.48. The van der Waals surface area contributed by atoms with Gasteiger partial charge in [-0.2, -0.15) is 5.26 Å². The number of carbonyl (C=O) groups excluding carboxylic acids is 2. The fraction of sp³-hybridized carbons (Fsp3) is 0.276. The number of hydrogen-bond donors (Lipinski definition) is 2. The van der Waals surface area contributed by atoms with E-state index in [2.05, 4.69) is 21.6 Å². The molecule has 5 rings (SSSR count). The number of carbonyl (C=O) groups is 2. The second kappa shape index (κ2) is 12.0. The molecule has 0 fully saturated rings. The number of nitrogens with two attached hydrogens (primary N) is 1. The van der Waals surface area contributed by atoms with Crippen molar-refractivity contribution in [3.05, 3.63) is 76.3 Å². The number of ketones is 1. The summed E-state index contributed by atoms with van der Waals surface area (Å²) in [6, 6.07) is 15.2. The molecule has 12 heteroatoms. The Morgan fingerprint density at radius 1 is 1.17 bits per heavy atom. The average molecular weight is 589 g/mol. The number of allylic oxidation sites excluding steroid dienone is 3. The van der Waals surface area contributed by atoms with Crippen LogP contribution < -0.4 is 25.4 Å². The molecular weight excluding hydrogens is 560 g/mol. The van der Waals surface area contributed by atoms with Gasteiger partial charge < -0.3 is 20.5 Å². The van der Waals surface area contributed by atoms with E-state index in [4.69, 9.17) is 15.2 Å². The molecule has 1 amide bonds. The van der Waals surface area contributed by atoms with E-state index >= 15 is 0 Å². The van der Waals surface area contributed by atoms with Crippen LogP contribution in [0.25, 0.3) is 0 Å². The Hall–Kier alpha value is -4.34. The zero-order valence-corrected chi connectivity index (χ0v) is 24.4. The standard InChI is InChI=1S/C29H28N6O4S2/c1-16-7-10-18(11-8-16)32-24(37)15-40-29-34-33-28(41-29)35-20-5-4-6-21(36)26(20)25(19(14-30)27(35)31)17-9-12-22(38-2)23(13-17)39-3/h7-13,25H,4-6,15,31H2,1-3H3,(H,32,37). The second-order valence-corrected chi connectivity index (χ2v) is 11.7. The highest BCUT2D eigenvalue weighted by atomic mass is 32.2. The van der Waals surface area contributed by atoms with Gasteiger partial charge in [-0.1, -0.05) is 46.9 Å². The number of nitrogens with zero attached hydrogens (tertiary/aromatic N) is 4.